The molecule has 0 spiro atoms. The van der Waals surface area contributed by atoms with Crippen LogP contribution in [0.1, 0.15) is 17.5 Å². The standard InChI is InChI=1S/C27H25F2N5O4S2/c1-33(22-6-7-24-19(15-22)8-11-39-24)26(35)23(14-17-12-20(28)16-21(29)13-17)31-27(36)32-40(37,38)34-10-3-5-18-4-2-9-30-25(18)34/h2,4,6-9,11-13,15-16,23H,3,5,10,14H2,1H3,(H2,31,32,36)/t23-/m0/s1. The van der Waals surface area contributed by atoms with Crippen LogP contribution in [0.15, 0.2) is 66.2 Å². The molecule has 13 heteroatoms. The molecular formula is C27H25F2N5O4S2. The predicted octanol–water partition coefficient (Wildman–Crippen LogP) is 4.15. The summed E-state index contributed by atoms with van der Waals surface area (Å²) in [6.07, 6.45) is 2.35. The number of nitrogens with one attached hydrogen (secondary N) is 2. The summed E-state index contributed by atoms with van der Waals surface area (Å²) in [5.74, 6) is -2.08. The summed E-state index contributed by atoms with van der Waals surface area (Å²) >= 11 is 1.54. The molecule has 2 aromatic heterocycles. The Balaban J connectivity index is 1.39. The SMILES string of the molecule is CN(C(=O)[C@H](Cc1cc(F)cc(F)c1)NC(=O)NS(=O)(=O)N1CCCc2cccnc21)c1ccc2sccc2c1. The van der Waals surface area contributed by atoms with Gasteiger partial charge in [0.25, 0.3) is 0 Å². The number of anilines is 2. The van der Waals surface area contributed by atoms with Crippen LogP contribution in [0.25, 0.3) is 10.1 Å². The molecule has 0 unspecified atom stereocenters. The molecule has 0 aliphatic carbocycles. The van der Waals surface area contributed by atoms with Gasteiger partial charge in [0, 0.05) is 42.7 Å². The normalized spacial score (nSPS) is 13.9. The number of benzene rings is 2. The Morgan fingerprint density at radius 2 is 1.90 bits per heavy atom. The molecule has 0 saturated heterocycles. The van der Waals surface area contributed by atoms with Crippen molar-refractivity contribution in [2.45, 2.75) is 25.3 Å². The minimum Gasteiger partial charge on any atom is -0.325 e. The van der Waals surface area contributed by atoms with Crippen LogP contribution in [0.3, 0.4) is 0 Å². The molecule has 3 heterocycles. The number of thiophene rings is 1. The number of hydrogen-bond donors (Lipinski definition) is 2. The van der Waals surface area contributed by atoms with E-state index in [1.807, 2.05) is 22.2 Å². The lowest BCUT2D eigenvalue weighted by Gasteiger charge is -2.29. The molecule has 5 rings (SSSR count). The third-order valence-electron chi connectivity index (χ3n) is 6.54. The van der Waals surface area contributed by atoms with Gasteiger partial charge in [-0.25, -0.2) is 27.6 Å². The summed E-state index contributed by atoms with van der Waals surface area (Å²) < 4.78 is 58.1. The Kier molecular flexibility index (Phi) is 7.68. The van der Waals surface area contributed by atoms with Gasteiger partial charge in [-0.1, -0.05) is 6.07 Å². The highest BCUT2D eigenvalue weighted by Crippen LogP contribution is 2.27. The Morgan fingerprint density at radius 3 is 2.67 bits per heavy atom. The molecule has 3 amide bonds. The molecule has 1 aliphatic heterocycles. The number of carbonyl (C=O) groups excluding carboxylic acids is 2. The monoisotopic (exact) mass is 585 g/mol. The van der Waals surface area contributed by atoms with Crippen molar-refractivity contribution in [1.82, 2.24) is 15.0 Å². The fourth-order valence-electron chi connectivity index (χ4n) is 4.65. The van der Waals surface area contributed by atoms with Crippen LogP contribution >= 0.6 is 11.3 Å². The molecule has 208 valence electrons. The molecule has 2 N–H and O–H groups in total. The Hall–Kier alpha value is -4.10. The first-order valence-corrected chi connectivity index (χ1v) is 14.7. The van der Waals surface area contributed by atoms with Crippen LogP contribution in [0, 0.1) is 11.6 Å². The Morgan fingerprint density at radius 1 is 1.12 bits per heavy atom. The summed E-state index contributed by atoms with van der Waals surface area (Å²) in [7, 11) is -2.88. The highest BCUT2D eigenvalue weighted by molar-refractivity contribution is 7.91. The van der Waals surface area contributed by atoms with Crippen LogP contribution in [-0.2, 0) is 27.8 Å². The zero-order valence-corrected chi connectivity index (χ0v) is 22.9. The third-order valence-corrected chi connectivity index (χ3v) is 8.82. The highest BCUT2D eigenvalue weighted by Gasteiger charge is 2.32. The van der Waals surface area contributed by atoms with Crippen LogP contribution in [0.4, 0.5) is 25.1 Å². The van der Waals surface area contributed by atoms with Gasteiger partial charge in [-0.15, -0.1) is 11.3 Å². The smallest absolute Gasteiger partial charge is 0.325 e. The summed E-state index contributed by atoms with van der Waals surface area (Å²) in [6, 6.07) is 11.0. The highest BCUT2D eigenvalue weighted by atomic mass is 32.2. The number of nitrogens with zero attached hydrogens (tertiary/aromatic N) is 3. The Labute approximate surface area is 233 Å². The van der Waals surface area contributed by atoms with Gasteiger partial charge >= 0.3 is 16.2 Å². The Bertz CT molecular complexity index is 1680. The number of likely N-dealkylation sites (N-methyl/N-ethyl adjacent to an activating group) is 1. The van der Waals surface area contributed by atoms with E-state index in [4.69, 9.17) is 0 Å². The van der Waals surface area contributed by atoms with E-state index in [0.29, 0.717) is 24.6 Å². The molecule has 1 aliphatic rings. The van der Waals surface area contributed by atoms with E-state index in [1.165, 1.54) is 18.1 Å². The van der Waals surface area contributed by atoms with E-state index in [9.17, 15) is 26.8 Å². The first kappa shape index (κ1) is 27.5. The van der Waals surface area contributed by atoms with Crippen molar-refractivity contribution in [2.24, 2.45) is 0 Å². The van der Waals surface area contributed by atoms with Crippen LogP contribution in [-0.4, -0.2) is 45.0 Å². The van der Waals surface area contributed by atoms with Gasteiger partial charge in [0.1, 0.15) is 23.5 Å². The molecule has 2 aromatic carbocycles. The number of pyridine rings is 1. The molecule has 4 aromatic rings. The van der Waals surface area contributed by atoms with E-state index < -0.39 is 39.8 Å². The maximum Gasteiger partial charge on any atom is 0.330 e. The second kappa shape index (κ2) is 11.2. The van der Waals surface area contributed by atoms with E-state index in [-0.39, 0.29) is 24.3 Å². The van der Waals surface area contributed by atoms with E-state index in [2.05, 4.69) is 10.3 Å². The summed E-state index contributed by atoms with van der Waals surface area (Å²) in [5, 5.41) is 5.23. The van der Waals surface area contributed by atoms with Gasteiger partial charge in [0.2, 0.25) is 5.91 Å². The van der Waals surface area contributed by atoms with Crippen molar-refractivity contribution >= 4 is 55.1 Å². The van der Waals surface area contributed by atoms with E-state index >= 15 is 0 Å². The van der Waals surface area contributed by atoms with Crippen LogP contribution in [0.2, 0.25) is 0 Å². The fraction of sp³-hybridized carbons (Fsp3) is 0.222. The molecule has 0 bridgehead atoms. The number of amides is 3. The second-order valence-corrected chi connectivity index (χ2v) is 11.9. The average molecular weight is 586 g/mol. The first-order chi connectivity index (χ1) is 19.1. The van der Waals surface area contributed by atoms with Crippen LogP contribution in [0.5, 0.6) is 0 Å². The van der Waals surface area contributed by atoms with Crippen molar-refractivity contribution in [3.8, 4) is 0 Å². The first-order valence-electron chi connectivity index (χ1n) is 12.4. The van der Waals surface area contributed by atoms with Gasteiger partial charge in [-0.3, -0.25) is 4.79 Å². The van der Waals surface area contributed by atoms with E-state index in [0.717, 1.165) is 32.1 Å². The van der Waals surface area contributed by atoms with Gasteiger partial charge in [-0.05, 0) is 77.2 Å². The third kappa shape index (κ3) is 5.89. The lowest BCUT2D eigenvalue weighted by molar-refractivity contribution is -0.120. The molecule has 0 fully saturated rings. The largest absolute Gasteiger partial charge is 0.330 e. The number of halogens is 2. The summed E-state index contributed by atoms with van der Waals surface area (Å²) in [4.78, 5) is 32.0. The molecule has 9 nitrogen and oxygen atoms in total. The predicted molar refractivity (Wildman–Crippen MR) is 150 cm³/mol. The van der Waals surface area contributed by atoms with Crippen molar-refractivity contribution in [1.29, 1.82) is 0 Å². The van der Waals surface area contributed by atoms with Crippen LogP contribution < -0.4 is 19.2 Å². The van der Waals surface area contributed by atoms with Crippen molar-refractivity contribution in [2.75, 3.05) is 22.8 Å². The minimum atomic E-state index is -4.38. The number of carbonyl (C=O) groups is 2. The van der Waals surface area contributed by atoms with Crippen molar-refractivity contribution < 1.29 is 26.8 Å². The minimum absolute atomic E-state index is 0.106. The summed E-state index contributed by atoms with van der Waals surface area (Å²) in [5.41, 5.74) is 1.36. The van der Waals surface area contributed by atoms with Crippen molar-refractivity contribution in [3.63, 3.8) is 0 Å². The number of aryl methyl sites for hydroxylation is 1. The number of rotatable bonds is 7. The quantitative estimate of drug-likeness (QED) is 0.339. The van der Waals surface area contributed by atoms with Gasteiger partial charge in [0.05, 0.1) is 0 Å². The number of urea groups is 1. The zero-order chi connectivity index (χ0) is 28.4. The topological polar surface area (TPSA) is 112 Å². The molecule has 0 saturated carbocycles. The lowest BCUT2D eigenvalue weighted by Crippen LogP contribution is -2.55. The lowest BCUT2D eigenvalue weighted by atomic mass is 10.0. The second-order valence-electron chi connectivity index (χ2n) is 9.32. The van der Waals surface area contributed by atoms with Gasteiger partial charge < -0.3 is 10.2 Å². The number of aromatic nitrogens is 1. The fourth-order valence-corrected chi connectivity index (χ4v) is 6.59. The zero-order valence-electron chi connectivity index (χ0n) is 21.3. The number of fused-ring (bicyclic) bond motifs is 2. The maximum atomic E-state index is 13.9. The molecule has 1 atom stereocenters. The number of hydrogen-bond acceptors (Lipinski definition) is 6. The molecule has 40 heavy (non-hydrogen) atoms. The average Bonchev–Trinajstić information content (AvgIpc) is 3.39. The maximum absolute atomic E-state index is 13.9. The molecule has 0 radical (unpaired) electrons. The van der Waals surface area contributed by atoms with Crippen molar-refractivity contribution in [3.05, 3.63) is 88.9 Å². The molecular weight excluding hydrogens is 560 g/mol. The van der Waals surface area contributed by atoms with Gasteiger partial charge in [0.15, 0.2) is 0 Å². The van der Waals surface area contributed by atoms with E-state index in [1.54, 1.807) is 35.6 Å². The van der Waals surface area contributed by atoms with Gasteiger partial charge in [-0.2, -0.15) is 8.42 Å². The summed E-state index contributed by atoms with van der Waals surface area (Å²) in [6.45, 7) is 0.116.